The van der Waals surface area contributed by atoms with Crippen molar-refractivity contribution in [2.75, 3.05) is 18.4 Å². The number of amides is 1. The number of alkyl halides is 3. The quantitative estimate of drug-likeness (QED) is 0.621. The number of nitrogens with zero attached hydrogens (tertiary/aromatic N) is 2. The first-order valence-electron chi connectivity index (χ1n) is 9.54. The van der Waals surface area contributed by atoms with Crippen LogP contribution in [0.2, 0.25) is 0 Å². The molecule has 29 heavy (non-hydrogen) atoms. The monoisotopic (exact) mass is 399 g/mol. The van der Waals surface area contributed by atoms with Crippen molar-refractivity contribution in [3.05, 3.63) is 65.9 Å². The number of anilines is 2. The molecular formula is C22H20F3N3O. The SMILES string of the molecule is O=C(c1cccc(Nc2ccnc3cc(C(F)(F)F)ccc23)c1)N1CCCCC1. The van der Waals surface area contributed by atoms with Gasteiger partial charge < -0.3 is 10.2 Å². The number of aromatic nitrogens is 1. The van der Waals surface area contributed by atoms with Gasteiger partial charge in [0.2, 0.25) is 0 Å². The van der Waals surface area contributed by atoms with Gasteiger partial charge in [-0.3, -0.25) is 9.78 Å². The molecule has 4 rings (SSSR count). The minimum absolute atomic E-state index is 0.00255. The number of carbonyl (C=O) groups is 1. The second-order valence-corrected chi connectivity index (χ2v) is 7.15. The molecule has 0 bridgehead atoms. The van der Waals surface area contributed by atoms with Crippen LogP contribution in [0.5, 0.6) is 0 Å². The predicted octanol–water partition coefficient (Wildman–Crippen LogP) is 5.62. The number of halogens is 3. The topological polar surface area (TPSA) is 45.2 Å². The molecule has 0 spiro atoms. The first-order chi connectivity index (χ1) is 13.9. The van der Waals surface area contributed by atoms with Crippen molar-refractivity contribution in [1.29, 1.82) is 0 Å². The zero-order valence-corrected chi connectivity index (χ0v) is 15.7. The van der Waals surface area contributed by atoms with Crippen molar-refractivity contribution in [1.82, 2.24) is 9.88 Å². The number of hydrogen-bond donors (Lipinski definition) is 1. The van der Waals surface area contributed by atoms with E-state index in [0.717, 1.165) is 44.5 Å². The molecule has 2 aromatic carbocycles. The van der Waals surface area contributed by atoms with E-state index in [1.165, 1.54) is 12.3 Å². The third-order valence-electron chi connectivity index (χ3n) is 5.10. The molecule has 1 amide bonds. The van der Waals surface area contributed by atoms with E-state index < -0.39 is 11.7 Å². The Morgan fingerprint density at radius 3 is 2.55 bits per heavy atom. The maximum absolute atomic E-state index is 13.0. The molecule has 4 nitrogen and oxygen atoms in total. The number of likely N-dealkylation sites (tertiary alicyclic amines) is 1. The molecule has 1 saturated heterocycles. The van der Waals surface area contributed by atoms with Gasteiger partial charge in [-0.1, -0.05) is 12.1 Å². The Hall–Kier alpha value is -3.09. The van der Waals surface area contributed by atoms with Crippen molar-refractivity contribution in [2.24, 2.45) is 0 Å². The van der Waals surface area contributed by atoms with Crippen LogP contribution in [0.15, 0.2) is 54.7 Å². The second-order valence-electron chi connectivity index (χ2n) is 7.15. The molecule has 0 unspecified atom stereocenters. The lowest BCUT2D eigenvalue weighted by molar-refractivity contribution is -0.137. The highest BCUT2D eigenvalue weighted by Gasteiger charge is 2.30. The van der Waals surface area contributed by atoms with Crippen molar-refractivity contribution in [3.8, 4) is 0 Å². The van der Waals surface area contributed by atoms with E-state index in [-0.39, 0.29) is 11.4 Å². The minimum Gasteiger partial charge on any atom is -0.355 e. The van der Waals surface area contributed by atoms with E-state index in [2.05, 4.69) is 10.3 Å². The second kappa shape index (κ2) is 7.73. The normalized spacial score (nSPS) is 14.8. The zero-order valence-electron chi connectivity index (χ0n) is 15.7. The Morgan fingerprint density at radius 1 is 1.00 bits per heavy atom. The number of rotatable bonds is 3. The fourth-order valence-electron chi connectivity index (χ4n) is 3.60. The van der Waals surface area contributed by atoms with E-state index in [1.807, 2.05) is 11.0 Å². The van der Waals surface area contributed by atoms with Gasteiger partial charge in [-0.15, -0.1) is 0 Å². The first-order valence-corrected chi connectivity index (χ1v) is 9.54. The summed E-state index contributed by atoms with van der Waals surface area (Å²) in [4.78, 5) is 18.7. The molecule has 1 aromatic heterocycles. The summed E-state index contributed by atoms with van der Waals surface area (Å²) in [5.41, 5.74) is 1.44. The summed E-state index contributed by atoms with van der Waals surface area (Å²) < 4.78 is 38.9. The smallest absolute Gasteiger partial charge is 0.355 e. The van der Waals surface area contributed by atoms with Crippen LogP contribution in [-0.4, -0.2) is 28.9 Å². The molecule has 1 N–H and O–H groups in total. The van der Waals surface area contributed by atoms with E-state index in [0.29, 0.717) is 22.3 Å². The average molecular weight is 399 g/mol. The van der Waals surface area contributed by atoms with Crippen molar-refractivity contribution in [2.45, 2.75) is 25.4 Å². The van der Waals surface area contributed by atoms with Gasteiger partial charge in [-0.05, 0) is 55.7 Å². The van der Waals surface area contributed by atoms with Gasteiger partial charge in [0.15, 0.2) is 0 Å². The first kappa shape index (κ1) is 19.2. The van der Waals surface area contributed by atoms with Gasteiger partial charge in [0.25, 0.3) is 5.91 Å². The van der Waals surface area contributed by atoms with E-state index in [9.17, 15) is 18.0 Å². The van der Waals surface area contributed by atoms with Crippen LogP contribution in [0, 0.1) is 0 Å². The molecule has 1 fully saturated rings. The lowest BCUT2D eigenvalue weighted by atomic mass is 10.1. The van der Waals surface area contributed by atoms with Crippen LogP contribution >= 0.6 is 0 Å². The van der Waals surface area contributed by atoms with Crippen molar-refractivity contribution >= 4 is 28.2 Å². The molecule has 1 aliphatic heterocycles. The third kappa shape index (κ3) is 4.18. The highest BCUT2D eigenvalue weighted by atomic mass is 19.4. The van der Waals surface area contributed by atoms with Crippen LogP contribution in [0.3, 0.4) is 0 Å². The largest absolute Gasteiger partial charge is 0.416 e. The average Bonchev–Trinajstić information content (AvgIpc) is 2.73. The van der Waals surface area contributed by atoms with Crippen molar-refractivity contribution in [3.63, 3.8) is 0 Å². The molecule has 0 saturated carbocycles. The maximum Gasteiger partial charge on any atom is 0.416 e. The number of pyridine rings is 1. The van der Waals surface area contributed by atoms with Crippen LogP contribution in [0.1, 0.15) is 35.2 Å². The Balaban J connectivity index is 1.61. The number of carbonyl (C=O) groups excluding carboxylic acids is 1. The molecule has 0 atom stereocenters. The summed E-state index contributed by atoms with van der Waals surface area (Å²) >= 11 is 0. The molecule has 7 heteroatoms. The number of nitrogens with one attached hydrogen (secondary N) is 1. The van der Waals surface area contributed by atoms with Crippen LogP contribution in [0.25, 0.3) is 10.9 Å². The van der Waals surface area contributed by atoms with Crippen molar-refractivity contribution < 1.29 is 18.0 Å². The zero-order chi connectivity index (χ0) is 20.4. The van der Waals surface area contributed by atoms with Crippen LogP contribution in [-0.2, 0) is 6.18 Å². The van der Waals surface area contributed by atoms with Crippen LogP contribution in [0.4, 0.5) is 24.5 Å². The highest BCUT2D eigenvalue weighted by Crippen LogP contribution is 2.33. The maximum atomic E-state index is 13.0. The molecule has 2 heterocycles. The Bertz CT molecular complexity index is 1040. The van der Waals surface area contributed by atoms with Crippen LogP contribution < -0.4 is 5.32 Å². The Morgan fingerprint density at radius 2 is 1.79 bits per heavy atom. The standard InChI is InChI=1S/C22H20F3N3O/c23-22(24,25)16-7-8-18-19(9-10-26-20(18)14-16)27-17-6-4-5-15(13-17)21(29)28-11-2-1-3-12-28/h4-10,13-14H,1-3,11-12H2,(H,26,27). The minimum atomic E-state index is -4.41. The molecule has 0 radical (unpaired) electrons. The van der Waals surface area contributed by atoms with E-state index >= 15 is 0 Å². The fraction of sp³-hybridized carbons (Fsp3) is 0.273. The summed E-state index contributed by atoms with van der Waals surface area (Å²) in [6, 6.07) is 12.4. The molecule has 3 aromatic rings. The molecule has 0 aliphatic carbocycles. The summed E-state index contributed by atoms with van der Waals surface area (Å²) in [5.74, 6) is 0.00255. The number of fused-ring (bicyclic) bond motifs is 1. The van der Waals surface area contributed by atoms with Gasteiger partial charge >= 0.3 is 6.18 Å². The number of piperidine rings is 1. The van der Waals surface area contributed by atoms with E-state index in [1.54, 1.807) is 24.3 Å². The van der Waals surface area contributed by atoms with E-state index in [4.69, 9.17) is 0 Å². The van der Waals surface area contributed by atoms with Gasteiger partial charge in [-0.2, -0.15) is 13.2 Å². The van der Waals surface area contributed by atoms with Gasteiger partial charge in [0.05, 0.1) is 11.1 Å². The third-order valence-corrected chi connectivity index (χ3v) is 5.10. The van der Waals surface area contributed by atoms with Gasteiger partial charge in [-0.25, -0.2) is 0 Å². The lowest BCUT2D eigenvalue weighted by Crippen LogP contribution is -2.35. The Labute approximate surface area is 166 Å². The Kier molecular flexibility index (Phi) is 5.13. The summed E-state index contributed by atoms with van der Waals surface area (Å²) in [6.45, 7) is 1.54. The number of benzene rings is 2. The fourth-order valence-corrected chi connectivity index (χ4v) is 3.60. The summed E-state index contributed by atoms with van der Waals surface area (Å²) in [7, 11) is 0. The molecule has 150 valence electrons. The highest BCUT2D eigenvalue weighted by molar-refractivity contribution is 5.96. The van der Waals surface area contributed by atoms with Gasteiger partial charge in [0.1, 0.15) is 0 Å². The summed E-state index contributed by atoms with van der Waals surface area (Å²) in [5, 5.41) is 3.79. The summed E-state index contributed by atoms with van der Waals surface area (Å²) in [6.07, 6.45) is 0.242. The number of hydrogen-bond acceptors (Lipinski definition) is 3. The lowest BCUT2D eigenvalue weighted by Gasteiger charge is -2.26. The molecular weight excluding hydrogens is 379 g/mol. The predicted molar refractivity (Wildman–Crippen MR) is 106 cm³/mol. The van der Waals surface area contributed by atoms with Gasteiger partial charge in [0, 0.05) is 41.6 Å². The molecule has 1 aliphatic rings.